The predicted octanol–water partition coefficient (Wildman–Crippen LogP) is 14.3. The number of hydrogen-bond donors (Lipinski definition) is 0. The fraction of sp³-hybridized carbons (Fsp3) is 0.891. The Balaban J connectivity index is 4.35. The molecule has 0 unspecified atom stereocenters. The molecule has 0 saturated carbocycles. The van der Waals surface area contributed by atoms with Crippen LogP contribution in [0.25, 0.3) is 0 Å². The van der Waals surface area contributed by atoms with E-state index in [2.05, 4.69) is 32.9 Å². The molecule has 0 fully saturated rings. The lowest BCUT2D eigenvalue weighted by Gasteiger charge is -2.18. The van der Waals surface area contributed by atoms with Gasteiger partial charge >= 0.3 is 17.9 Å². The van der Waals surface area contributed by atoms with E-state index in [0.29, 0.717) is 19.3 Å². The maximum atomic E-state index is 12.7. The van der Waals surface area contributed by atoms with Gasteiger partial charge in [0.2, 0.25) is 0 Å². The van der Waals surface area contributed by atoms with Gasteiger partial charge in [-0.3, -0.25) is 14.4 Å². The van der Waals surface area contributed by atoms with E-state index in [9.17, 15) is 14.4 Å². The summed E-state index contributed by atoms with van der Waals surface area (Å²) in [4.78, 5) is 37.6. The molecule has 0 spiro atoms. The summed E-state index contributed by atoms with van der Waals surface area (Å²) in [6.45, 7) is 6.60. The van der Waals surface area contributed by atoms with Gasteiger partial charge in [0.25, 0.3) is 0 Å². The second-order valence-electron chi connectivity index (χ2n) is 15.3. The van der Waals surface area contributed by atoms with Crippen molar-refractivity contribution in [3.8, 4) is 0 Å². The zero-order chi connectivity index (χ0) is 38.0. The molecule has 0 bridgehead atoms. The predicted molar refractivity (Wildman–Crippen MR) is 220 cm³/mol. The third kappa shape index (κ3) is 39.4. The lowest BCUT2D eigenvalue weighted by Crippen LogP contribution is -2.30. The molecule has 0 amide bonds. The molecule has 0 aromatic rings. The lowest BCUT2D eigenvalue weighted by atomic mass is 10.1. The van der Waals surface area contributed by atoms with E-state index in [1.165, 1.54) is 141 Å². The van der Waals surface area contributed by atoms with Crippen LogP contribution in [0, 0.1) is 0 Å². The number of esters is 3. The van der Waals surface area contributed by atoms with Crippen LogP contribution in [0.3, 0.4) is 0 Å². The molecule has 0 saturated heterocycles. The summed E-state index contributed by atoms with van der Waals surface area (Å²) in [6, 6.07) is 0. The SMILES string of the molecule is CCCCC/C=C\CCCCCCCC(=O)OC[C@@H](COC(=O)CCCCCCCCCCCCC)OC(=O)CCCCCCCCCCCCC. The average molecular weight is 735 g/mol. The summed E-state index contributed by atoms with van der Waals surface area (Å²) in [5, 5.41) is 0. The van der Waals surface area contributed by atoms with Gasteiger partial charge in [0.15, 0.2) is 6.10 Å². The minimum absolute atomic E-state index is 0.0683. The van der Waals surface area contributed by atoms with Crippen LogP contribution >= 0.6 is 0 Å². The Morgan fingerprint density at radius 1 is 0.365 bits per heavy atom. The average Bonchev–Trinajstić information content (AvgIpc) is 3.14. The van der Waals surface area contributed by atoms with Crippen molar-refractivity contribution in [1.82, 2.24) is 0 Å². The highest BCUT2D eigenvalue weighted by molar-refractivity contribution is 5.71. The molecule has 0 aliphatic carbocycles. The highest BCUT2D eigenvalue weighted by atomic mass is 16.6. The molecule has 52 heavy (non-hydrogen) atoms. The Morgan fingerprint density at radius 3 is 1.00 bits per heavy atom. The van der Waals surface area contributed by atoms with Crippen molar-refractivity contribution in [1.29, 1.82) is 0 Å². The van der Waals surface area contributed by atoms with Gasteiger partial charge in [0, 0.05) is 19.3 Å². The van der Waals surface area contributed by atoms with E-state index in [0.717, 1.165) is 64.2 Å². The second-order valence-corrected chi connectivity index (χ2v) is 15.3. The minimum atomic E-state index is -0.763. The summed E-state index contributed by atoms with van der Waals surface area (Å²) in [5.41, 5.74) is 0. The van der Waals surface area contributed by atoms with Crippen LogP contribution in [0.15, 0.2) is 12.2 Å². The monoisotopic (exact) mass is 735 g/mol. The summed E-state index contributed by atoms with van der Waals surface area (Å²) < 4.78 is 16.7. The normalized spacial score (nSPS) is 12.0. The van der Waals surface area contributed by atoms with Crippen molar-refractivity contribution in [3.63, 3.8) is 0 Å². The fourth-order valence-electron chi connectivity index (χ4n) is 6.55. The van der Waals surface area contributed by atoms with E-state index in [1.54, 1.807) is 0 Å². The molecule has 0 rings (SSSR count). The second kappa shape index (κ2) is 41.9. The quantitative estimate of drug-likeness (QED) is 0.0269. The Bertz CT molecular complexity index is 809. The minimum Gasteiger partial charge on any atom is -0.462 e. The van der Waals surface area contributed by atoms with E-state index < -0.39 is 6.10 Å². The number of allylic oxidation sites excluding steroid dienone is 2. The maximum Gasteiger partial charge on any atom is 0.306 e. The van der Waals surface area contributed by atoms with Gasteiger partial charge in [-0.1, -0.05) is 193 Å². The highest BCUT2D eigenvalue weighted by Crippen LogP contribution is 2.15. The van der Waals surface area contributed by atoms with Crippen molar-refractivity contribution in [2.45, 2.75) is 252 Å². The summed E-state index contributed by atoms with van der Waals surface area (Å²) in [7, 11) is 0. The fourth-order valence-corrected chi connectivity index (χ4v) is 6.55. The summed E-state index contributed by atoms with van der Waals surface area (Å²) in [6.07, 6.45) is 43.3. The van der Waals surface area contributed by atoms with Crippen LogP contribution in [0.4, 0.5) is 0 Å². The first-order valence-corrected chi connectivity index (χ1v) is 22.7. The number of carbonyl (C=O) groups excluding carboxylic acids is 3. The molecule has 6 nitrogen and oxygen atoms in total. The Hall–Kier alpha value is -1.85. The van der Waals surface area contributed by atoms with Crippen molar-refractivity contribution >= 4 is 17.9 Å². The molecule has 0 aliphatic rings. The molecule has 0 aliphatic heterocycles. The standard InChI is InChI=1S/C46H86O6/c1-4-7-10-13-16-19-22-25-27-30-33-36-39-45(48)51-42-43(52-46(49)40-37-34-31-28-24-21-18-15-12-9-6-3)41-50-44(47)38-35-32-29-26-23-20-17-14-11-8-5-2/h16,19,43H,4-15,17-18,20-42H2,1-3H3/b19-16-/t43-/m1/s1. The number of unbranched alkanes of at least 4 members (excludes halogenated alkanes) is 28. The van der Waals surface area contributed by atoms with E-state index >= 15 is 0 Å². The Labute approximate surface area is 322 Å². The van der Waals surface area contributed by atoms with Crippen LogP contribution in [0.5, 0.6) is 0 Å². The largest absolute Gasteiger partial charge is 0.462 e. The zero-order valence-electron chi connectivity index (χ0n) is 34.8. The van der Waals surface area contributed by atoms with Crippen molar-refractivity contribution in [2.75, 3.05) is 13.2 Å². The number of rotatable bonds is 41. The molecule has 1 atom stereocenters. The van der Waals surface area contributed by atoms with Gasteiger partial charge in [-0.05, 0) is 44.9 Å². The van der Waals surface area contributed by atoms with E-state index in [-0.39, 0.29) is 31.1 Å². The van der Waals surface area contributed by atoms with Gasteiger partial charge in [-0.25, -0.2) is 0 Å². The van der Waals surface area contributed by atoms with Crippen molar-refractivity contribution < 1.29 is 28.6 Å². The lowest BCUT2D eigenvalue weighted by molar-refractivity contribution is -0.167. The molecular formula is C46H86O6. The summed E-state index contributed by atoms with van der Waals surface area (Å²) in [5.74, 6) is -0.872. The van der Waals surface area contributed by atoms with E-state index in [1.807, 2.05) is 0 Å². The van der Waals surface area contributed by atoms with Crippen molar-refractivity contribution in [3.05, 3.63) is 12.2 Å². The molecule has 0 N–H and O–H groups in total. The maximum absolute atomic E-state index is 12.7. The molecule has 0 heterocycles. The molecule has 0 radical (unpaired) electrons. The van der Waals surface area contributed by atoms with Crippen LogP contribution in [0.2, 0.25) is 0 Å². The molecular weight excluding hydrogens is 648 g/mol. The Morgan fingerprint density at radius 2 is 0.635 bits per heavy atom. The molecule has 306 valence electrons. The van der Waals surface area contributed by atoms with Crippen LogP contribution in [-0.2, 0) is 28.6 Å². The first-order chi connectivity index (χ1) is 25.5. The van der Waals surface area contributed by atoms with Crippen LogP contribution < -0.4 is 0 Å². The third-order valence-corrected chi connectivity index (χ3v) is 10.0. The highest BCUT2D eigenvalue weighted by Gasteiger charge is 2.19. The van der Waals surface area contributed by atoms with Gasteiger partial charge in [0.05, 0.1) is 0 Å². The number of hydrogen-bond acceptors (Lipinski definition) is 6. The first-order valence-electron chi connectivity index (χ1n) is 22.7. The first kappa shape index (κ1) is 50.1. The summed E-state index contributed by atoms with van der Waals surface area (Å²) >= 11 is 0. The van der Waals surface area contributed by atoms with Gasteiger partial charge < -0.3 is 14.2 Å². The van der Waals surface area contributed by atoms with Gasteiger partial charge in [0.1, 0.15) is 13.2 Å². The molecule has 0 aromatic carbocycles. The molecule has 6 heteroatoms. The van der Waals surface area contributed by atoms with Gasteiger partial charge in [-0.2, -0.15) is 0 Å². The zero-order valence-corrected chi connectivity index (χ0v) is 34.8. The Kier molecular flexibility index (Phi) is 40.4. The number of carbonyl (C=O) groups is 3. The topological polar surface area (TPSA) is 78.9 Å². The van der Waals surface area contributed by atoms with Crippen LogP contribution in [0.1, 0.15) is 245 Å². The smallest absolute Gasteiger partial charge is 0.306 e. The van der Waals surface area contributed by atoms with Crippen molar-refractivity contribution in [2.24, 2.45) is 0 Å². The van der Waals surface area contributed by atoms with E-state index in [4.69, 9.17) is 14.2 Å². The third-order valence-electron chi connectivity index (χ3n) is 10.0. The number of ether oxygens (including phenoxy) is 3. The molecule has 0 aromatic heterocycles. The van der Waals surface area contributed by atoms with Gasteiger partial charge in [-0.15, -0.1) is 0 Å². The van der Waals surface area contributed by atoms with Crippen LogP contribution in [-0.4, -0.2) is 37.2 Å².